The fourth-order valence-corrected chi connectivity index (χ4v) is 3.47. The lowest BCUT2D eigenvalue weighted by molar-refractivity contribution is 0.566. The first-order chi connectivity index (χ1) is 9.44. The number of sulfone groups is 1. The number of aryl methyl sites for hydroxylation is 2. The van der Waals surface area contributed by atoms with Gasteiger partial charge in [0.25, 0.3) is 0 Å². The van der Waals surface area contributed by atoms with Crippen LogP contribution in [0.4, 0.5) is 5.69 Å². The van der Waals surface area contributed by atoms with Crippen LogP contribution in [-0.4, -0.2) is 23.2 Å². The fraction of sp³-hybridized carbons (Fsp3) is 0.385. The molecule has 0 saturated heterocycles. The number of benzene rings is 1. The lowest BCUT2D eigenvalue weighted by Crippen LogP contribution is -2.13. The maximum atomic E-state index is 12.5. The zero-order chi connectivity index (χ0) is 14.8. The van der Waals surface area contributed by atoms with Gasteiger partial charge in [-0.3, -0.25) is 0 Å². The first-order valence-corrected chi connectivity index (χ1v) is 8.05. The third-order valence-electron chi connectivity index (χ3n) is 2.95. The molecule has 2 aromatic rings. The van der Waals surface area contributed by atoms with Gasteiger partial charge in [0.2, 0.25) is 0 Å². The number of anilines is 1. The molecule has 0 spiro atoms. The van der Waals surface area contributed by atoms with E-state index < -0.39 is 9.84 Å². The molecule has 0 atom stereocenters. The summed E-state index contributed by atoms with van der Waals surface area (Å²) in [6.45, 7) is 4.48. The predicted octanol–water partition coefficient (Wildman–Crippen LogP) is 1.55. The van der Waals surface area contributed by atoms with E-state index in [0.717, 1.165) is 12.0 Å². The van der Waals surface area contributed by atoms with Gasteiger partial charge in [0.05, 0.1) is 10.6 Å². The van der Waals surface area contributed by atoms with E-state index >= 15 is 0 Å². The Morgan fingerprint density at radius 3 is 2.80 bits per heavy atom. The summed E-state index contributed by atoms with van der Waals surface area (Å²) in [6, 6.07) is 4.98. The SMILES string of the molecule is CCCn1ncnc1CS(=O)(=O)c1cc(C)ccc1N. The van der Waals surface area contributed by atoms with Crippen LogP contribution in [0.5, 0.6) is 0 Å². The molecule has 2 N–H and O–H groups in total. The molecule has 0 bridgehead atoms. The van der Waals surface area contributed by atoms with Crippen LogP contribution in [0.25, 0.3) is 0 Å². The Hall–Kier alpha value is -1.89. The summed E-state index contributed by atoms with van der Waals surface area (Å²) < 4.78 is 26.6. The second-order valence-electron chi connectivity index (χ2n) is 4.70. The topological polar surface area (TPSA) is 90.9 Å². The van der Waals surface area contributed by atoms with Gasteiger partial charge in [-0.15, -0.1) is 0 Å². The highest BCUT2D eigenvalue weighted by atomic mass is 32.2. The normalized spacial score (nSPS) is 11.7. The van der Waals surface area contributed by atoms with Crippen LogP contribution in [0.15, 0.2) is 29.4 Å². The molecule has 0 aliphatic heterocycles. The Balaban J connectivity index is 2.36. The molecule has 20 heavy (non-hydrogen) atoms. The molecule has 7 heteroatoms. The fourth-order valence-electron chi connectivity index (χ4n) is 1.96. The van der Waals surface area contributed by atoms with E-state index in [1.54, 1.807) is 22.9 Å². The Bertz CT molecular complexity index is 707. The second-order valence-corrected chi connectivity index (χ2v) is 6.66. The largest absolute Gasteiger partial charge is 0.398 e. The number of nitrogens with two attached hydrogens (primary N) is 1. The van der Waals surface area contributed by atoms with Crippen LogP contribution < -0.4 is 5.73 Å². The third kappa shape index (κ3) is 2.98. The maximum Gasteiger partial charge on any atom is 0.187 e. The minimum absolute atomic E-state index is 0.156. The van der Waals surface area contributed by atoms with Crippen molar-refractivity contribution in [1.29, 1.82) is 0 Å². The molecule has 108 valence electrons. The van der Waals surface area contributed by atoms with Crippen molar-refractivity contribution in [1.82, 2.24) is 14.8 Å². The molecule has 1 aromatic carbocycles. The lowest BCUT2D eigenvalue weighted by Gasteiger charge is -2.09. The highest BCUT2D eigenvalue weighted by Crippen LogP contribution is 2.23. The van der Waals surface area contributed by atoms with E-state index in [2.05, 4.69) is 10.1 Å². The molecule has 1 aromatic heterocycles. The van der Waals surface area contributed by atoms with Gasteiger partial charge in [-0.25, -0.2) is 18.1 Å². The van der Waals surface area contributed by atoms with E-state index in [1.807, 2.05) is 13.8 Å². The minimum Gasteiger partial charge on any atom is -0.398 e. The Morgan fingerprint density at radius 2 is 2.10 bits per heavy atom. The Morgan fingerprint density at radius 1 is 1.35 bits per heavy atom. The van der Waals surface area contributed by atoms with Crippen molar-refractivity contribution < 1.29 is 8.42 Å². The molecule has 0 aliphatic carbocycles. The van der Waals surface area contributed by atoms with Gasteiger partial charge in [0.15, 0.2) is 9.84 Å². The summed E-state index contributed by atoms with van der Waals surface area (Å²) in [6.07, 6.45) is 2.24. The van der Waals surface area contributed by atoms with Crippen molar-refractivity contribution in [3.8, 4) is 0 Å². The molecular weight excluding hydrogens is 276 g/mol. The van der Waals surface area contributed by atoms with Crippen molar-refractivity contribution >= 4 is 15.5 Å². The smallest absolute Gasteiger partial charge is 0.187 e. The number of hydrogen-bond donors (Lipinski definition) is 1. The van der Waals surface area contributed by atoms with Gasteiger partial charge in [-0.05, 0) is 31.0 Å². The molecular formula is C13H18N4O2S. The van der Waals surface area contributed by atoms with E-state index in [1.165, 1.54) is 6.33 Å². The van der Waals surface area contributed by atoms with Gasteiger partial charge >= 0.3 is 0 Å². The number of nitrogen functional groups attached to an aromatic ring is 1. The molecule has 6 nitrogen and oxygen atoms in total. The molecule has 0 amide bonds. The van der Waals surface area contributed by atoms with Crippen LogP contribution in [0.2, 0.25) is 0 Å². The number of rotatable bonds is 5. The average molecular weight is 294 g/mol. The van der Waals surface area contributed by atoms with E-state index in [4.69, 9.17) is 5.73 Å². The summed E-state index contributed by atoms with van der Waals surface area (Å²) >= 11 is 0. The van der Waals surface area contributed by atoms with E-state index in [9.17, 15) is 8.42 Å². The predicted molar refractivity (Wildman–Crippen MR) is 76.8 cm³/mol. The summed E-state index contributed by atoms with van der Waals surface area (Å²) in [5.41, 5.74) is 6.89. The average Bonchev–Trinajstić information content (AvgIpc) is 2.79. The van der Waals surface area contributed by atoms with Gasteiger partial charge in [0, 0.05) is 6.54 Å². The van der Waals surface area contributed by atoms with Crippen molar-refractivity contribution in [3.63, 3.8) is 0 Å². The summed E-state index contributed by atoms with van der Waals surface area (Å²) in [5, 5.41) is 4.03. The van der Waals surface area contributed by atoms with Gasteiger partial charge in [-0.1, -0.05) is 13.0 Å². The standard InChI is InChI=1S/C13H18N4O2S/c1-3-6-17-13(15-9-16-17)8-20(18,19)12-7-10(2)4-5-11(12)14/h4-5,7,9H,3,6,8,14H2,1-2H3. The second kappa shape index (κ2) is 5.62. The van der Waals surface area contributed by atoms with Crippen LogP contribution in [0.3, 0.4) is 0 Å². The highest BCUT2D eigenvalue weighted by molar-refractivity contribution is 7.90. The molecule has 2 rings (SSSR count). The molecule has 0 radical (unpaired) electrons. The molecule has 1 heterocycles. The lowest BCUT2D eigenvalue weighted by atomic mass is 10.2. The van der Waals surface area contributed by atoms with Crippen LogP contribution in [0.1, 0.15) is 24.7 Å². The monoisotopic (exact) mass is 294 g/mol. The highest BCUT2D eigenvalue weighted by Gasteiger charge is 2.21. The Labute approximate surface area is 118 Å². The van der Waals surface area contributed by atoms with Crippen LogP contribution >= 0.6 is 0 Å². The van der Waals surface area contributed by atoms with Gasteiger partial charge in [0.1, 0.15) is 17.9 Å². The van der Waals surface area contributed by atoms with Crippen molar-refractivity contribution in [2.45, 2.75) is 37.5 Å². The zero-order valence-electron chi connectivity index (χ0n) is 11.6. The van der Waals surface area contributed by atoms with Crippen molar-refractivity contribution in [2.24, 2.45) is 0 Å². The molecule has 0 aliphatic rings. The third-order valence-corrected chi connectivity index (χ3v) is 4.62. The van der Waals surface area contributed by atoms with Crippen molar-refractivity contribution in [3.05, 3.63) is 35.9 Å². The molecule has 0 fully saturated rings. The van der Waals surface area contributed by atoms with E-state index in [-0.39, 0.29) is 16.3 Å². The van der Waals surface area contributed by atoms with Gasteiger partial charge < -0.3 is 5.73 Å². The minimum atomic E-state index is -3.53. The quantitative estimate of drug-likeness (QED) is 0.845. The van der Waals surface area contributed by atoms with Crippen LogP contribution in [-0.2, 0) is 22.1 Å². The van der Waals surface area contributed by atoms with E-state index in [0.29, 0.717) is 12.4 Å². The van der Waals surface area contributed by atoms with Crippen molar-refractivity contribution in [2.75, 3.05) is 5.73 Å². The van der Waals surface area contributed by atoms with Gasteiger partial charge in [-0.2, -0.15) is 5.10 Å². The number of hydrogen-bond acceptors (Lipinski definition) is 5. The molecule has 0 unspecified atom stereocenters. The first kappa shape index (κ1) is 14.5. The number of aromatic nitrogens is 3. The Kier molecular flexibility index (Phi) is 4.08. The molecule has 0 saturated carbocycles. The maximum absolute atomic E-state index is 12.5. The summed E-state index contributed by atoms with van der Waals surface area (Å²) in [4.78, 5) is 4.19. The summed E-state index contributed by atoms with van der Waals surface area (Å²) in [5.74, 6) is 0.244. The number of nitrogens with zero attached hydrogens (tertiary/aromatic N) is 3. The summed E-state index contributed by atoms with van der Waals surface area (Å²) in [7, 11) is -3.53. The first-order valence-electron chi connectivity index (χ1n) is 6.39. The zero-order valence-corrected chi connectivity index (χ0v) is 12.4. The van der Waals surface area contributed by atoms with Crippen LogP contribution in [0, 0.1) is 6.92 Å².